The molecule has 84 valence electrons. The Morgan fingerprint density at radius 1 is 1.50 bits per heavy atom. The van der Waals surface area contributed by atoms with Crippen LogP contribution in [0.2, 0.25) is 0 Å². The summed E-state index contributed by atoms with van der Waals surface area (Å²) in [7, 11) is 0. The maximum absolute atomic E-state index is 11.9. The monoisotopic (exact) mass is 232 g/mol. The van der Waals surface area contributed by atoms with Crippen LogP contribution in [0, 0.1) is 11.3 Å². The normalized spacial score (nSPS) is 10.6. The van der Waals surface area contributed by atoms with Crippen LogP contribution >= 0.6 is 0 Å². The first-order valence-electron chi connectivity index (χ1n) is 3.72. The SMILES string of the molecule is N#Cc1cncc(OC(F)(F)F)c1C(=O)O. The molecular weight excluding hydrogens is 229 g/mol. The Labute approximate surface area is 86.7 Å². The van der Waals surface area contributed by atoms with Gasteiger partial charge >= 0.3 is 12.3 Å². The van der Waals surface area contributed by atoms with Gasteiger partial charge in [-0.05, 0) is 0 Å². The fourth-order valence-corrected chi connectivity index (χ4v) is 0.949. The Bertz CT molecular complexity index is 465. The average molecular weight is 232 g/mol. The van der Waals surface area contributed by atoms with Gasteiger partial charge in [0.1, 0.15) is 11.6 Å². The van der Waals surface area contributed by atoms with Crippen LogP contribution in [0.3, 0.4) is 0 Å². The number of ether oxygens (including phenoxy) is 1. The van der Waals surface area contributed by atoms with Gasteiger partial charge in [-0.3, -0.25) is 4.98 Å². The smallest absolute Gasteiger partial charge is 0.478 e. The van der Waals surface area contributed by atoms with Crippen molar-refractivity contribution in [1.82, 2.24) is 4.98 Å². The molecule has 0 saturated carbocycles. The lowest BCUT2D eigenvalue weighted by molar-refractivity contribution is -0.274. The third-order valence-electron chi connectivity index (χ3n) is 1.47. The third kappa shape index (κ3) is 2.60. The van der Waals surface area contributed by atoms with Gasteiger partial charge in [0.15, 0.2) is 5.75 Å². The second-order valence-corrected chi connectivity index (χ2v) is 2.52. The minimum Gasteiger partial charge on any atom is -0.478 e. The zero-order valence-corrected chi connectivity index (χ0v) is 7.45. The van der Waals surface area contributed by atoms with Crippen molar-refractivity contribution in [2.24, 2.45) is 0 Å². The molecule has 16 heavy (non-hydrogen) atoms. The number of carboxylic acid groups (broad SMARTS) is 1. The molecule has 0 aromatic carbocycles. The zero-order valence-electron chi connectivity index (χ0n) is 7.45. The van der Waals surface area contributed by atoms with Crippen molar-refractivity contribution in [2.45, 2.75) is 6.36 Å². The lowest BCUT2D eigenvalue weighted by atomic mass is 10.1. The van der Waals surface area contributed by atoms with Crippen LogP contribution in [-0.4, -0.2) is 22.4 Å². The van der Waals surface area contributed by atoms with E-state index in [2.05, 4.69) is 9.72 Å². The summed E-state index contributed by atoms with van der Waals surface area (Å²) in [4.78, 5) is 13.9. The highest BCUT2D eigenvalue weighted by Gasteiger charge is 2.34. The van der Waals surface area contributed by atoms with Crippen LogP contribution in [0.5, 0.6) is 5.75 Å². The van der Waals surface area contributed by atoms with E-state index in [9.17, 15) is 18.0 Å². The van der Waals surface area contributed by atoms with Crippen molar-refractivity contribution in [1.29, 1.82) is 5.26 Å². The molecule has 1 aromatic heterocycles. The van der Waals surface area contributed by atoms with Gasteiger partial charge in [-0.1, -0.05) is 0 Å². The van der Waals surface area contributed by atoms with Crippen LogP contribution in [0.25, 0.3) is 0 Å². The maximum Gasteiger partial charge on any atom is 0.573 e. The quantitative estimate of drug-likeness (QED) is 0.836. The summed E-state index contributed by atoms with van der Waals surface area (Å²) < 4.78 is 39.1. The van der Waals surface area contributed by atoms with Crippen molar-refractivity contribution >= 4 is 5.97 Å². The highest BCUT2D eigenvalue weighted by atomic mass is 19.4. The number of carbonyl (C=O) groups is 1. The van der Waals surface area contributed by atoms with Gasteiger partial charge in [-0.2, -0.15) is 5.26 Å². The third-order valence-corrected chi connectivity index (χ3v) is 1.47. The fraction of sp³-hybridized carbons (Fsp3) is 0.125. The number of nitriles is 1. The molecule has 1 aromatic rings. The summed E-state index contributed by atoms with van der Waals surface area (Å²) in [5.41, 5.74) is -1.37. The van der Waals surface area contributed by atoms with E-state index < -0.39 is 29.2 Å². The predicted molar refractivity (Wildman–Crippen MR) is 42.6 cm³/mol. The number of halogens is 3. The minimum absolute atomic E-state index is 0.505. The number of rotatable bonds is 2. The molecule has 0 atom stereocenters. The number of hydrogen-bond acceptors (Lipinski definition) is 4. The fourth-order valence-electron chi connectivity index (χ4n) is 0.949. The summed E-state index contributed by atoms with van der Waals surface area (Å²) >= 11 is 0. The standard InChI is InChI=1S/C8H3F3N2O3/c9-8(10,11)16-5-3-13-2-4(1-12)6(5)7(14)15/h2-3H,(H,14,15). The van der Waals surface area contributed by atoms with E-state index in [1.807, 2.05) is 0 Å². The van der Waals surface area contributed by atoms with E-state index in [0.29, 0.717) is 6.20 Å². The second-order valence-electron chi connectivity index (χ2n) is 2.52. The molecule has 8 heteroatoms. The number of aromatic nitrogens is 1. The lowest BCUT2D eigenvalue weighted by Gasteiger charge is -2.10. The van der Waals surface area contributed by atoms with Crippen molar-refractivity contribution in [3.63, 3.8) is 0 Å². The molecule has 0 amide bonds. The largest absolute Gasteiger partial charge is 0.573 e. The van der Waals surface area contributed by atoms with Crippen LogP contribution in [-0.2, 0) is 0 Å². The summed E-state index contributed by atoms with van der Waals surface area (Å²) in [6, 6.07) is 1.41. The first-order chi connectivity index (χ1) is 7.35. The summed E-state index contributed by atoms with van der Waals surface area (Å²) in [5, 5.41) is 17.1. The minimum atomic E-state index is -5.04. The highest BCUT2D eigenvalue weighted by Crippen LogP contribution is 2.27. The second kappa shape index (κ2) is 4.06. The molecule has 0 aliphatic heterocycles. The molecule has 0 radical (unpaired) electrons. The maximum atomic E-state index is 11.9. The van der Waals surface area contributed by atoms with Crippen molar-refractivity contribution in [3.05, 3.63) is 23.5 Å². The molecular formula is C8H3F3N2O3. The number of pyridine rings is 1. The number of carboxylic acids is 1. The van der Waals surface area contributed by atoms with Crippen molar-refractivity contribution in [3.8, 4) is 11.8 Å². The van der Waals surface area contributed by atoms with E-state index in [0.717, 1.165) is 6.20 Å². The Morgan fingerprint density at radius 2 is 2.12 bits per heavy atom. The van der Waals surface area contributed by atoms with Gasteiger partial charge < -0.3 is 9.84 Å². The van der Waals surface area contributed by atoms with Crippen LogP contribution in [0.1, 0.15) is 15.9 Å². The number of alkyl halides is 3. The molecule has 0 spiro atoms. The number of hydrogen-bond donors (Lipinski definition) is 1. The zero-order chi connectivity index (χ0) is 12.3. The lowest BCUT2D eigenvalue weighted by Crippen LogP contribution is -2.19. The Morgan fingerprint density at radius 3 is 2.56 bits per heavy atom. The van der Waals surface area contributed by atoms with E-state index in [1.54, 1.807) is 0 Å². The summed E-state index contributed by atoms with van der Waals surface area (Å²) in [5.74, 6) is -2.71. The topological polar surface area (TPSA) is 83.2 Å². The van der Waals surface area contributed by atoms with Gasteiger partial charge in [-0.15, -0.1) is 13.2 Å². The average Bonchev–Trinajstić information content (AvgIpc) is 2.14. The highest BCUT2D eigenvalue weighted by molar-refractivity contribution is 5.93. The van der Waals surface area contributed by atoms with Crippen molar-refractivity contribution in [2.75, 3.05) is 0 Å². The molecule has 1 rings (SSSR count). The van der Waals surface area contributed by atoms with E-state index >= 15 is 0 Å². The van der Waals surface area contributed by atoms with Gasteiger partial charge in [-0.25, -0.2) is 4.79 Å². The molecule has 1 heterocycles. The van der Waals surface area contributed by atoms with Crippen LogP contribution in [0.4, 0.5) is 13.2 Å². The molecule has 5 nitrogen and oxygen atoms in total. The first-order valence-corrected chi connectivity index (χ1v) is 3.72. The Kier molecular flexibility index (Phi) is 2.99. The van der Waals surface area contributed by atoms with Gasteiger partial charge in [0.2, 0.25) is 0 Å². The molecule has 0 aliphatic rings. The first kappa shape index (κ1) is 11.8. The molecule has 0 bridgehead atoms. The number of aromatic carboxylic acids is 1. The molecule has 0 aliphatic carbocycles. The van der Waals surface area contributed by atoms with Crippen LogP contribution < -0.4 is 4.74 Å². The Balaban J connectivity index is 3.30. The summed E-state index contributed by atoms with van der Waals surface area (Å²) in [6.07, 6.45) is -3.62. The van der Waals surface area contributed by atoms with Crippen molar-refractivity contribution < 1.29 is 27.8 Å². The van der Waals surface area contributed by atoms with Gasteiger partial charge in [0.25, 0.3) is 0 Å². The molecule has 1 N–H and O–H groups in total. The molecule has 0 saturated heterocycles. The van der Waals surface area contributed by atoms with E-state index in [1.165, 1.54) is 6.07 Å². The van der Waals surface area contributed by atoms with E-state index in [-0.39, 0.29) is 0 Å². The molecule has 0 fully saturated rings. The van der Waals surface area contributed by atoms with Gasteiger partial charge in [0, 0.05) is 6.20 Å². The van der Waals surface area contributed by atoms with Crippen LogP contribution in [0.15, 0.2) is 12.4 Å². The van der Waals surface area contributed by atoms with Gasteiger partial charge in [0.05, 0.1) is 11.8 Å². The summed E-state index contributed by atoms with van der Waals surface area (Å²) in [6.45, 7) is 0. The Hall–Kier alpha value is -2.30. The predicted octanol–water partition coefficient (Wildman–Crippen LogP) is 1.55. The molecule has 0 unspecified atom stereocenters. The number of nitrogens with zero attached hydrogens (tertiary/aromatic N) is 2. The van der Waals surface area contributed by atoms with E-state index in [4.69, 9.17) is 10.4 Å².